The van der Waals surface area contributed by atoms with Crippen molar-refractivity contribution in [3.05, 3.63) is 0 Å². The van der Waals surface area contributed by atoms with Gasteiger partial charge in [0.05, 0.1) is 12.2 Å². The number of rotatable bonds is 4. The summed E-state index contributed by atoms with van der Waals surface area (Å²) in [6.45, 7) is 8.69. The molecule has 0 aromatic heterocycles. The van der Waals surface area contributed by atoms with Crippen LogP contribution in [0.15, 0.2) is 0 Å². The van der Waals surface area contributed by atoms with E-state index in [1.807, 2.05) is 0 Å². The second kappa shape index (κ2) is 6.76. The molecule has 20 heavy (non-hydrogen) atoms. The molecule has 1 saturated carbocycles. The first kappa shape index (κ1) is 14.8. The van der Waals surface area contributed by atoms with Crippen LogP contribution in [0.4, 0.5) is 0 Å². The Morgan fingerprint density at radius 3 is 2.00 bits per heavy atom. The highest BCUT2D eigenvalue weighted by Gasteiger charge is 2.30. The summed E-state index contributed by atoms with van der Waals surface area (Å²) in [6, 6.07) is 0. The van der Waals surface area contributed by atoms with Crippen molar-refractivity contribution in [3.63, 3.8) is 0 Å². The fourth-order valence-corrected chi connectivity index (χ4v) is 4.20. The van der Waals surface area contributed by atoms with E-state index < -0.39 is 0 Å². The van der Waals surface area contributed by atoms with Crippen LogP contribution < -0.4 is 0 Å². The van der Waals surface area contributed by atoms with E-state index in [9.17, 15) is 0 Å². The molecule has 2 saturated heterocycles. The molecule has 0 spiro atoms. The summed E-state index contributed by atoms with van der Waals surface area (Å²) in [7, 11) is 2.22. The van der Waals surface area contributed by atoms with Gasteiger partial charge < -0.3 is 14.5 Å². The summed E-state index contributed by atoms with van der Waals surface area (Å²) in [5.41, 5.74) is 0. The summed E-state index contributed by atoms with van der Waals surface area (Å²) in [5.74, 6) is 1.99. The minimum absolute atomic E-state index is 0.537. The molecule has 3 fully saturated rings. The molecule has 0 radical (unpaired) electrons. The molecule has 1 aliphatic carbocycles. The predicted molar refractivity (Wildman–Crippen MR) is 83.0 cm³/mol. The third-order valence-corrected chi connectivity index (χ3v) is 5.57. The van der Waals surface area contributed by atoms with Crippen LogP contribution in [0, 0.1) is 11.8 Å². The Balaban J connectivity index is 1.32. The molecule has 0 N–H and O–H groups in total. The van der Waals surface area contributed by atoms with Gasteiger partial charge in [-0.3, -0.25) is 0 Å². The van der Waals surface area contributed by atoms with Crippen LogP contribution in [0.2, 0.25) is 0 Å². The molecule has 3 aliphatic rings. The number of ether oxygens (including phenoxy) is 1. The third-order valence-electron chi connectivity index (χ3n) is 5.57. The average Bonchev–Trinajstić information content (AvgIpc) is 2.42. The van der Waals surface area contributed by atoms with Gasteiger partial charge in [-0.1, -0.05) is 6.92 Å². The van der Waals surface area contributed by atoms with Crippen molar-refractivity contribution in [1.29, 1.82) is 0 Å². The van der Waals surface area contributed by atoms with Crippen LogP contribution >= 0.6 is 0 Å². The van der Waals surface area contributed by atoms with Crippen LogP contribution in [0.25, 0.3) is 0 Å². The van der Waals surface area contributed by atoms with Crippen molar-refractivity contribution >= 4 is 0 Å². The number of likely N-dealkylation sites (tertiary alicyclic amines) is 2. The van der Waals surface area contributed by atoms with Gasteiger partial charge in [-0.15, -0.1) is 0 Å². The van der Waals surface area contributed by atoms with E-state index in [0.29, 0.717) is 12.2 Å². The maximum atomic E-state index is 6.34. The molecule has 3 heteroatoms. The van der Waals surface area contributed by atoms with Gasteiger partial charge in [0.2, 0.25) is 0 Å². The van der Waals surface area contributed by atoms with Gasteiger partial charge in [-0.2, -0.15) is 0 Å². The third kappa shape index (κ3) is 3.96. The van der Waals surface area contributed by atoms with Crippen LogP contribution in [-0.4, -0.2) is 61.8 Å². The van der Waals surface area contributed by atoms with Gasteiger partial charge in [0.15, 0.2) is 0 Å². The molecule has 0 bridgehead atoms. The largest absolute Gasteiger partial charge is 0.375 e. The molecule has 0 atom stereocenters. The Morgan fingerprint density at radius 2 is 1.45 bits per heavy atom. The predicted octanol–water partition coefficient (Wildman–Crippen LogP) is 2.61. The lowest BCUT2D eigenvalue weighted by atomic mass is 9.76. The number of hydrogen-bond donors (Lipinski definition) is 0. The highest BCUT2D eigenvalue weighted by atomic mass is 16.5. The highest BCUT2D eigenvalue weighted by molar-refractivity contribution is 4.82. The Bertz CT molecular complexity index is 287. The van der Waals surface area contributed by atoms with Gasteiger partial charge >= 0.3 is 0 Å². The average molecular weight is 280 g/mol. The number of piperidine rings is 2. The van der Waals surface area contributed by atoms with Crippen molar-refractivity contribution in [2.45, 2.75) is 57.7 Å². The van der Waals surface area contributed by atoms with Crippen molar-refractivity contribution < 1.29 is 4.74 Å². The minimum Gasteiger partial charge on any atom is -0.375 e. The van der Waals surface area contributed by atoms with Gasteiger partial charge in [0.25, 0.3) is 0 Å². The monoisotopic (exact) mass is 280 g/mol. The van der Waals surface area contributed by atoms with Crippen LogP contribution in [0.1, 0.15) is 45.4 Å². The SMILES string of the molecule is CC1CC(CN2CCC(OC3CCN(C)CC3)CC2)C1. The Hall–Kier alpha value is -0.120. The molecule has 116 valence electrons. The standard InChI is InChI=1S/C17H32N2O/c1-14-11-15(12-14)13-19-9-5-17(6-10-19)20-16-3-7-18(2)8-4-16/h14-17H,3-13H2,1-2H3. The van der Waals surface area contributed by atoms with Crippen LogP contribution in [0.5, 0.6) is 0 Å². The zero-order chi connectivity index (χ0) is 13.9. The second-order valence-corrected chi connectivity index (χ2v) is 7.58. The Labute approximate surface area is 124 Å². The first-order valence-corrected chi connectivity index (χ1v) is 8.75. The molecular weight excluding hydrogens is 248 g/mol. The maximum Gasteiger partial charge on any atom is 0.0603 e. The highest BCUT2D eigenvalue weighted by Crippen LogP contribution is 2.34. The summed E-state index contributed by atoms with van der Waals surface area (Å²) in [5, 5.41) is 0. The van der Waals surface area contributed by atoms with Crippen molar-refractivity contribution in [3.8, 4) is 0 Å². The second-order valence-electron chi connectivity index (χ2n) is 7.58. The molecule has 0 aromatic carbocycles. The Morgan fingerprint density at radius 1 is 0.900 bits per heavy atom. The number of hydrogen-bond acceptors (Lipinski definition) is 3. The summed E-state index contributed by atoms with van der Waals surface area (Å²) in [4.78, 5) is 5.10. The molecular formula is C17H32N2O. The maximum absolute atomic E-state index is 6.34. The Kier molecular flexibility index (Phi) is 5.00. The van der Waals surface area contributed by atoms with Gasteiger partial charge in [-0.25, -0.2) is 0 Å². The van der Waals surface area contributed by atoms with Crippen molar-refractivity contribution in [2.75, 3.05) is 39.8 Å². The molecule has 0 aromatic rings. The van der Waals surface area contributed by atoms with E-state index in [2.05, 4.69) is 23.8 Å². The lowest BCUT2D eigenvalue weighted by Gasteiger charge is -2.40. The zero-order valence-corrected chi connectivity index (χ0v) is 13.4. The lowest BCUT2D eigenvalue weighted by Crippen LogP contribution is -2.44. The molecule has 0 unspecified atom stereocenters. The fourth-order valence-electron chi connectivity index (χ4n) is 4.20. The van der Waals surface area contributed by atoms with E-state index in [1.54, 1.807) is 0 Å². The van der Waals surface area contributed by atoms with Crippen molar-refractivity contribution in [2.24, 2.45) is 11.8 Å². The summed E-state index contributed by atoms with van der Waals surface area (Å²) >= 11 is 0. The molecule has 3 rings (SSSR count). The first-order chi connectivity index (χ1) is 9.69. The quantitative estimate of drug-likeness (QED) is 0.787. The fraction of sp³-hybridized carbons (Fsp3) is 1.00. The lowest BCUT2D eigenvalue weighted by molar-refractivity contribution is -0.0653. The van der Waals surface area contributed by atoms with E-state index in [4.69, 9.17) is 4.74 Å². The summed E-state index contributed by atoms with van der Waals surface area (Å²) in [6.07, 6.45) is 8.99. The molecule has 2 heterocycles. The van der Waals surface area contributed by atoms with Gasteiger partial charge in [0, 0.05) is 32.7 Å². The van der Waals surface area contributed by atoms with Gasteiger partial charge in [0.1, 0.15) is 0 Å². The molecule has 3 nitrogen and oxygen atoms in total. The van der Waals surface area contributed by atoms with E-state index in [1.165, 1.54) is 71.2 Å². The number of nitrogens with zero attached hydrogens (tertiary/aromatic N) is 2. The van der Waals surface area contributed by atoms with Gasteiger partial charge in [-0.05, 0) is 57.4 Å². The van der Waals surface area contributed by atoms with Crippen LogP contribution in [-0.2, 0) is 4.74 Å². The molecule has 2 aliphatic heterocycles. The normalized spacial score (nSPS) is 35.1. The zero-order valence-electron chi connectivity index (χ0n) is 13.4. The van der Waals surface area contributed by atoms with E-state index in [0.717, 1.165) is 11.8 Å². The first-order valence-electron chi connectivity index (χ1n) is 8.75. The van der Waals surface area contributed by atoms with E-state index in [-0.39, 0.29) is 0 Å². The van der Waals surface area contributed by atoms with Crippen LogP contribution in [0.3, 0.4) is 0 Å². The summed E-state index contributed by atoms with van der Waals surface area (Å²) < 4.78 is 6.34. The minimum atomic E-state index is 0.537. The topological polar surface area (TPSA) is 15.7 Å². The van der Waals surface area contributed by atoms with E-state index >= 15 is 0 Å². The molecule has 0 amide bonds. The van der Waals surface area contributed by atoms with Crippen molar-refractivity contribution in [1.82, 2.24) is 9.80 Å². The smallest absolute Gasteiger partial charge is 0.0603 e.